The fourth-order valence-electron chi connectivity index (χ4n) is 4.42. The van der Waals surface area contributed by atoms with Crippen molar-refractivity contribution < 1.29 is 9.59 Å². The number of nitrogens with zero attached hydrogens (tertiary/aromatic N) is 3. The number of anilines is 1. The summed E-state index contributed by atoms with van der Waals surface area (Å²) in [5, 5.41) is 3.02. The summed E-state index contributed by atoms with van der Waals surface area (Å²) in [4.78, 5) is 52.5. The van der Waals surface area contributed by atoms with Crippen molar-refractivity contribution in [2.45, 2.75) is 19.0 Å². The first-order valence-electron chi connectivity index (χ1n) is 10.2. The first kappa shape index (κ1) is 20.3. The summed E-state index contributed by atoms with van der Waals surface area (Å²) in [6.45, 7) is 0.143. The maximum atomic E-state index is 13.1. The number of hydrogen-bond acceptors (Lipinski definition) is 4. The van der Waals surface area contributed by atoms with E-state index in [-0.39, 0.29) is 24.8 Å². The number of aromatic nitrogens is 3. The van der Waals surface area contributed by atoms with Gasteiger partial charge in [0.1, 0.15) is 0 Å². The number of imide groups is 1. The third-order valence-corrected chi connectivity index (χ3v) is 6.23. The van der Waals surface area contributed by atoms with E-state index in [0.717, 1.165) is 15.0 Å². The number of hydrogen-bond donors (Lipinski definition) is 1. The Hall–Kier alpha value is -3.65. The Bertz CT molecular complexity index is 1350. The molecule has 9 heteroatoms. The highest BCUT2D eigenvalue weighted by molar-refractivity contribution is 6.31. The molecule has 1 saturated heterocycles. The zero-order chi connectivity index (χ0) is 22.4. The number of carbonyl (C=O) groups is 2. The molecule has 3 aromatic rings. The molecule has 1 N–H and O–H groups in total. The molecule has 8 nitrogen and oxygen atoms in total. The van der Waals surface area contributed by atoms with Crippen molar-refractivity contribution >= 4 is 29.1 Å². The van der Waals surface area contributed by atoms with Crippen LogP contribution < -0.4 is 16.3 Å². The minimum absolute atomic E-state index is 0.143. The van der Waals surface area contributed by atoms with Crippen LogP contribution in [0.25, 0.3) is 0 Å². The van der Waals surface area contributed by atoms with Crippen molar-refractivity contribution in [3.63, 3.8) is 0 Å². The van der Waals surface area contributed by atoms with Gasteiger partial charge >= 0.3 is 11.4 Å². The lowest BCUT2D eigenvalue weighted by Gasteiger charge is -2.23. The van der Waals surface area contributed by atoms with Gasteiger partial charge in [-0.05, 0) is 30.2 Å². The minimum atomic E-state index is -0.621. The second-order valence-electron chi connectivity index (χ2n) is 7.95. The van der Waals surface area contributed by atoms with Gasteiger partial charge in [0.05, 0.1) is 30.1 Å². The molecule has 162 valence electrons. The number of H-pyrrole nitrogens is 1. The number of aromatic amines is 1. The molecule has 0 bridgehead atoms. The Morgan fingerprint density at radius 3 is 2.47 bits per heavy atom. The summed E-state index contributed by atoms with van der Waals surface area (Å²) in [7, 11) is 0. The molecule has 2 aliphatic rings. The number of allylic oxidation sites excluding steroid dienone is 1. The Labute approximate surface area is 187 Å². The Kier molecular flexibility index (Phi) is 4.94. The van der Waals surface area contributed by atoms with E-state index in [1.807, 2.05) is 30.3 Å². The molecule has 2 heterocycles. The van der Waals surface area contributed by atoms with E-state index >= 15 is 0 Å². The summed E-state index contributed by atoms with van der Waals surface area (Å²) in [5.41, 5.74) is 0.233. The van der Waals surface area contributed by atoms with Gasteiger partial charge in [0.15, 0.2) is 0 Å². The molecule has 0 radical (unpaired) electrons. The van der Waals surface area contributed by atoms with Gasteiger partial charge in [0.25, 0.3) is 0 Å². The summed E-state index contributed by atoms with van der Waals surface area (Å²) in [6.07, 6.45) is 3.59. The number of rotatable bonds is 4. The first-order chi connectivity index (χ1) is 15.4. The van der Waals surface area contributed by atoms with Gasteiger partial charge in [-0.1, -0.05) is 60.2 Å². The second kappa shape index (κ2) is 7.80. The van der Waals surface area contributed by atoms with E-state index in [4.69, 9.17) is 11.6 Å². The van der Waals surface area contributed by atoms with E-state index in [2.05, 4.69) is 5.10 Å². The average Bonchev–Trinajstić information content (AvgIpc) is 3.21. The average molecular weight is 451 g/mol. The van der Waals surface area contributed by atoms with E-state index < -0.39 is 29.3 Å². The van der Waals surface area contributed by atoms with Crippen LogP contribution in [-0.4, -0.2) is 26.2 Å². The quantitative estimate of drug-likeness (QED) is 0.487. The Balaban J connectivity index is 1.43. The van der Waals surface area contributed by atoms with Crippen molar-refractivity contribution in [3.8, 4) is 0 Å². The van der Waals surface area contributed by atoms with E-state index in [9.17, 15) is 19.2 Å². The van der Waals surface area contributed by atoms with Crippen LogP contribution in [0.3, 0.4) is 0 Å². The van der Waals surface area contributed by atoms with Gasteiger partial charge in [0.2, 0.25) is 11.8 Å². The summed E-state index contributed by atoms with van der Waals surface area (Å²) in [5.74, 6) is -1.88. The molecule has 1 aliphatic heterocycles. The van der Waals surface area contributed by atoms with Crippen molar-refractivity contribution in [1.82, 2.24) is 14.3 Å². The fourth-order valence-corrected chi connectivity index (χ4v) is 4.60. The monoisotopic (exact) mass is 450 g/mol. The highest BCUT2D eigenvalue weighted by Crippen LogP contribution is 2.40. The van der Waals surface area contributed by atoms with Crippen LogP contribution in [0.15, 0.2) is 76.3 Å². The van der Waals surface area contributed by atoms with Gasteiger partial charge in [0, 0.05) is 5.02 Å². The number of carbonyl (C=O) groups excluding carboxylic acids is 2. The zero-order valence-electron chi connectivity index (χ0n) is 16.8. The first-order valence-corrected chi connectivity index (χ1v) is 10.6. The summed E-state index contributed by atoms with van der Waals surface area (Å²) >= 11 is 6.03. The molecule has 0 unspecified atom stereocenters. The third-order valence-electron chi connectivity index (χ3n) is 5.99. The van der Waals surface area contributed by atoms with Crippen LogP contribution in [0.2, 0.25) is 5.02 Å². The molecular formula is C23H19ClN4O4. The predicted octanol–water partition coefficient (Wildman–Crippen LogP) is 2.35. The van der Waals surface area contributed by atoms with Crippen molar-refractivity contribution in [3.05, 3.63) is 98.3 Å². The minimum Gasteiger partial charge on any atom is -0.274 e. The third kappa shape index (κ3) is 3.33. The molecule has 1 fully saturated rings. The van der Waals surface area contributed by atoms with Crippen LogP contribution in [0, 0.1) is 11.8 Å². The summed E-state index contributed by atoms with van der Waals surface area (Å²) in [6, 6.07) is 15.2. The van der Waals surface area contributed by atoms with Gasteiger partial charge in [-0.2, -0.15) is 0 Å². The van der Waals surface area contributed by atoms with E-state index in [0.29, 0.717) is 10.7 Å². The largest absolute Gasteiger partial charge is 0.347 e. The molecule has 1 aromatic heterocycles. The molecule has 0 saturated carbocycles. The second-order valence-corrected chi connectivity index (χ2v) is 8.39. The van der Waals surface area contributed by atoms with Gasteiger partial charge in [-0.15, -0.1) is 0 Å². The van der Waals surface area contributed by atoms with Gasteiger partial charge in [-0.3, -0.25) is 9.59 Å². The molecule has 5 rings (SSSR count). The zero-order valence-corrected chi connectivity index (χ0v) is 17.6. The lowest BCUT2D eigenvalue weighted by Crippen LogP contribution is -2.33. The molecule has 32 heavy (non-hydrogen) atoms. The summed E-state index contributed by atoms with van der Waals surface area (Å²) < 4.78 is 2.35. The SMILES string of the molecule is O=C1[C@@H]2C=C[C@H](n3[nH]c(=O)n(Cc4ccccc4)c3=O)C[C@H]2C(=O)N1c1cccc(Cl)c1. The highest BCUT2D eigenvalue weighted by atomic mass is 35.5. The Morgan fingerprint density at radius 1 is 0.938 bits per heavy atom. The number of nitrogens with one attached hydrogen (secondary N) is 1. The van der Waals surface area contributed by atoms with E-state index in [1.165, 1.54) is 4.68 Å². The highest BCUT2D eigenvalue weighted by Gasteiger charge is 2.49. The van der Waals surface area contributed by atoms with Gasteiger partial charge < -0.3 is 0 Å². The van der Waals surface area contributed by atoms with Gasteiger partial charge in [-0.25, -0.2) is 28.8 Å². The number of halogens is 1. The van der Waals surface area contributed by atoms with Crippen LogP contribution in [0.4, 0.5) is 5.69 Å². The van der Waals surface area contributed by atoms with Crippen LogP contribution in [0.1, 0.15) is 18.0 Å². The number of amides is 2. The molecule has 2 amide bonds. The number of benzene rings is 2. The number of fused-ring (bicyclic) bond motifs is 1. The molecular weight excluding hydrogens is 432 g/mol. The fraction of sp³-hybridized carbons (Fsp3) is 0.217. The topological polar surface area (TPSA) is 97.2 Å². The maximum absolute atomic E-state index is 13.1. The van der Waals surface area contributed by atoms with E-state index in [1.54, 1.807) is 36.4 Å². The standard InChI is InChI=1S/C23H19ClN4O4/c24-15-7-4-8-16(11-15)27-20(29)18-10-9-17(12-19(18)21(27)30)28-23(32)26(22(31)25-28)13-14-5-2-1-3-6-14/h1-11,17-19H,12-13H2,(H,25,31)/t17-,18+,19+/m0/s1. The van der Waals surface area contributed by atoms with Crippen molar-refractivity contribution in [2.75, 3.05) is 4.90 Å². The maximum Gasteiger partial charge on any atom is 0.347 e. The normalized spacial score (nSPS) is 22.4. The molecule has 0 spiro atoms. The van der Waals surface area contributed by atoms with Crippen molar-refractivity contribution in [2.24, 2.45) is 11.8 Å². The smallest absolute Gasteiger partial charge is 0.274 e. The molecule has 3 atom stereocenters. The molecule has 1 aliphatic carbocycles. The lowest BCUT2D eigenvalue weighted by atomic mass is 9.84. The lowest BCUT2D eigenvalue weighted by molar-refractivity contribution is -0.122. The van der Waals surface area contributed by atoms with Crippen LogP contribution in [0.5, 0.6) is 0 Å². The molecule has 2 aromatic carbocycles. The van der Waals surface area contributed by atoms with Crippen LogP contribution in [-0.2, 0) is 16.1 Å². The predicted molar refractivity (Wildman–Crippen MR) is 119 cm³/mol. The Morgan fingerprint density at radius 2 is 1.72 bits per heavy atom. The van der Waals surface area contributed by atoms with Crippen LogP contribution >= 0.6 is 11.6 Å². The van der Waals surface area contributed by atoms with Crippen molar-refractivity contribution in [1.29, 1.82) is 0 Å².